The van der Waals surface area contributed by atoms with Gasteiger partial charge in [0.05, 0.1) is 6.54 Å². The molecule has 96 valence electrons. The van der Waals surface area contributed by atoms with Gasteiger partial charge >= 0.3 is 0 Å². The number of nitrogens with zero attached hydrogens (tertiary/aromatic N) is 1. The Labute approximate surface area is 110 Å². The molecule has 0 saturated heterocycles. The molecular weight excluding hydrogens is 242 g/mol. The van der Waals surface area contributed by atoms with Crippen LogP contribution in [0.2, 0.25) is 0 Å². The van der Waals surface area contributed by atoms with Crippen LogP contribution in [-0.4, -0.2) is 23.2 Å². The molecule has 0 aliphatic heterocycles. The fourth-order valence-corrected chi connectivity index (χ4v) is 1.59. The summed E-state index contributed by atoms with van der Waals surface area (Å²) < 4.78 is 0. The Hall–Kier alpha value is -2.53. The maximum atomic E-state index is 11.9. The summed E-state index contributed by atoms with van der Waals surface area (Å²) >= 11 is 0. The van der Waals surface area contributed by atoms with Gasteiger partial charge in [-0.25, -0.2) is 0 Å². The highest BCUT2D eigenvalue weighted by molar-refractivity contribution is 6.05. The quantitative estimate of drug-likeness (QED) is 0.810. The number of aromatic nitrogens is 1. The van der Waals surface area contributed by atoms with Crippen LogP contribution in [0.25, 0.3) is 0 Å². The number of pyridine rings is 1. The van der Waals surface area contributed by atoms with Crippen LogP contribution >= 0.6 is 0 Å². The number of carbonyl (C=O) groups is 2. The van der Waals surface area contributed by atoms with Gasteiger partial charge in [-0.05, 0) is 24.3 Å². The molecule has 0 saturated carbocycles. The Balaban J connectivity index is 2.16. The average molecular weight is 255 g/mol. The van der Waals surface area contributed by atoms with Gasteiger partial charge in [-0.1, -0.05) is 12.1 Å². The predicted molar refractivity (Wildman–Crippen MR) is 72.0 cm³/mol. The maximum Gasteiger partial charge on any atom is 0.255 e. The summed E-state index contributed by atoms with van der Waals surface area (Å²) in [6.07, 6.45) is 3.09. The van der Waals surface area contributed by atoms with Crippen LogP contribution in [0.4, 0.5) is 5.69 Å². The standard InChI is InChI=1S/C14H13N3O2/c15-9-13(18)11-2-1-3-12(8-11)17-14(19)10-4-6-16-7-5-10/h1-8H,9,15H2,(H,17,19). The number of nitrogens with one attached hydrogen (secondary N) is 1. The SMILES string of the molecule is NCC(=O)c1cccc(NC(=O)c2ccncc2)c1. The van der Waals surface area contributed by atoms with Crippen molar-refractivity contribution in [1.82, 2.24) is 4.98 Å². The van der Waals surface area contributed by atoms with Crippen molar-refractivity contribution in [3.8, 4) is 0 Å². The first-order valence-electron chi connectivity index (χ1n) is 5.75. The number of ketones is 1. The van der Waals surface area contributed by atoms with Crippen LogP contribution in [0.1, 0.15) is 20.7 Å². The van der Waals surface area contributed by atoms with Crippen molar-refractivity contribution in [1.29, 1.82) is 0 Å². The highest BCUT2D eigenvalue weighted by Crippen LogP contribution is 2.12. The van der Waals surface area contributed by atoms with Crippen molar-refractivity contribution in [3.05, 3.63) is 59.9 Å². The van der Waals surface area contributed by atoms with E-state index in [1.165, 1.54) is 0 Å². The third-order valence-electron chi connectivity index (χ3n) is 2.57. The van der Waals surface area contributed by atoms with Crippen molar-refractivity contribution in [2.24, 2.45) is 5.73 Å². The first-order chi connectivity index (χ1) is 9.20. The third-order valence-corrected chi connectivity index (χ3v) is 2.57. The van der Waals surface area contributed by atoms with Crippen LogP contribution in [0.15, 0.2) is 48.8 Å². The van der Waals surface area contributed by atoms with Crippen LogP contribution in [0.5, 0.6) is 0 Å². The normalized spacial score (nSPS) is 9.95. The van der Waals surface area contributed by atoms with Gasteiger partial charge in [0.1, 0.15) is 0 Å². The average Bonchev–Trinajstić information content (AvgIpc) is 2.47. The molecule has 0 unspecified atom stereocenters. The predicted octanol–water partition coefficient (Wildman–Crippen LogP) is 1.48. The third kappa shape index (κ3) is 3.23. The van der Waals surface area contributed by atoms with E-state index in [1.807, 2.05) is 0 Å². The van der Waals surface area contributed by atoms with Crippen LogP contribution in [-0.2, 0) is 0 Å². The van der Waals surface area contributed by atoms with E-state index >= 15 is 0 Å². The molecule has 0 fully saturated rings. The highest BCUT2D eigenvalue weighted by Gasteiger charge is 2.07. The number of amides is 1. The summed E-state index contributed by atoms with van der Waals surface area (Å²) in [5.74, 6) is -0.417. The minimum Gasteiger partial charge on any atom is -0.324 e. The van der Waals surface area contributed by atoms with Gasteiger partial charge in [-0.2, -0.15) is 0 Å². The molecule has 1 heterocycles. The maximum absolute atomic E-state index is 11.9. The summed E-state index contributed by atoms with van der Waals surface area (Å²) in [7, 11) is 0. The number of nitrogens with two attached hydrogens (primary N) is 1. The summed E-state index contributed by atoms with van der Waals surface area (Å²) in [5.41, 5.74) is 6.85. The van der Waals surface area contributed by atoms with E-state index in [0.717, 1.165) is 0 Å². The molecule has 3 N–H and O–H groups in total. The van der Waals surface area contributed by atoms with Gasteiger partial charge in [0.2, 0.25) is 0 Å². The second-order valence-electron chi connectivity index (χ2n) is 3.90. The summed E-state index contributed by atoms with van der Waals surface area (Å²) in [6, 6.07) is 9.91. The molecule has 5 heteroatoms. The van der Waals surface area contributed by atoms with E-state index in [2.05, 4.69) is 10.3 Å². The second-order valence-corrected chi connectivity index (χ2v) is 3.90. The molecule has 19 heavy (non-hydrogen) atoms. The van der Waals surface area contributed by atoms with Gasteiger partial charge < -0.3 is 11.1 Å². The number of carbonyl (C=O) groups excluding carboxylic acids is 2. The molecule has 0 aliphatic rings. The minimum absolute atomic E-state index is 0.0538. The highest BCUT2D eigenvalue weighted by atomic mass is 16.1. The molecule has 0 atom stereocenters. The molecule has 0 aliphatic carbocycles. The smallest absolute Gasteiger partial charge is 0.255 e. The number of hydrogen-bond acceptors (Lipinski definition) is 4. The molecule has 1 aromatic carbocycles. The van der Waals surface area contributed by atoms with E-state index in [9.17, 15) is 9.59 Å². The van der Waals surface area contributed by atoms with E-state index in [0.29, 0.717) is 16.8 Å². The Morgan fingerprint density at radius 2 is 1.84 bits per heavy atom. The lowest BCUT2D eigenvalue weighted by Crippen LogP contribution is -2.15. The molecule has 2 rings (SSSR count). The number of benzene rings is 1. The second kappa shape index (κ2) is 5.88. The Morgan fingerprint density at radius 1 is 1.11 bits per heavy atom. The van der Waals surface area contributed by atoms with E-state index in [-0.39, 0.29) is 18.2 Å². The molecule has 0 spiro atoms. The lowest BCUT2D eigenvalue weighted by molar-refractivity contribution is 0.0997. The molecule has 0 radical (unpaired) electrons. The monoisotopic (exact) mass is 255 g/mol. The lowest BCUT2D eigenvalue weighted by Gasteiger charge is -2.06. The van der Waals surface area contributed by atoms with Crippen LogP contribution < -0.4 is 11.1 Å². The molecular formula is C14H13N3O2. The number of hydrogen-bond donors (Lipinski definition) is 2. The Morgan fingerprint density at radius 3 is 2.53 bits per heavy atom. The van der Waals surface area contributed by atoms with Gasteiger partial charge in [0.25, 0.3) is 5.91 Å². The molecule has 0 bridgehead atoms. The Bertz CT molecular complexity index is 597. The lowest BCUT2D eigenvalue weighted by atomic mass is 10.1. The molecule has 5 nitrogen and oxygen atoms in total. The zero-order valence-electron chi connectivity index (χ0n) is 10.2. The van der Waals surface area contributed by atoms with E-state index < -0.39 is 0 Å². The topological polar surface area (TPSA) is 85.1 Å². The Kier molecular flexibility index (Phi) is 4.00. The van der Waals surface area contributed by atoms with Gasteiger partial charge in [-0.15, -0.1) is 0 Å². The van der Waals surface area contributed by atoms with Crippen molar-refractivity contribution < 1.29 is 9.59 Å². The van der Waals surface area contributed by atoms with E-state index in [1.54, 1.807) is 48.8 Å². The van der Waals surface area contributed by atoms with Crippen molar-refractivity contribution in [2.75, 3.05) is 11.9 Å². The minimum atomic E-state index is -0.250. The van der Waals surface area contributed by atoms with Crippen molar-refractivity contribution >= 4 is 17.4 Å². The molecule has 1 amide bonds. The zero-order valence-corrected chi connectivity index (χ0v) is 10.2. The van der Waals surface area contributed by atoms with Crippen molar-refractivity contribution in [2.45, 2.75) is 0 Å². The largest absolute Gasteiger partial charge is 0.324 e. The fraction of sp³-hybridized carbons (Fsp3) is 0.0714. The summed E-state index contributed by atoms with van der Waals surface area (Å²) in [5, 5.41) is 2.72. The number of anilines is 1. The first kappa shape index (κ1) is 12.9. The fourth-order valence-electron chi connectivity index (χ4n) is 1.59. The molecule has 2 aromatic rings. The number of Topliss-reactive ketones (excluding diaryl/α,β-unsaturated/α-hetero) is 1. The zero-order chi connectivity index (χ0) is 13.7. The van der Waals surface area contributed by atoms with Crippen LogP contribution in [0.3, 0.4) is 0 Å². The molecule has 1 aromatic heterocycles. The van der Waals surface area contributed by atoms with Gasteiger partial charge in [-0.3, -0.25) is 14.6 Å². The number of rotatable bonds is 4. The summed E-state index contributed by atoms with van der Waals surface area (Å²) in [6.45, 7) is -0.0538. The van der Waals surface area contributed by atoms with Crippen LogP contribution in [0, 0.1) is 0 Å². The van der Waals surface area contributed by atoms with Crippen molar-refractivity contribution in [3.63, 3.8) is 0 Å². The van der Waals surface area contributed by atoms with Gasteiger partial charge in [0, 0.05) is 29.2 Å². The first-order valence-corrected chi connectivity index (χ1v) is 5.75. The van der Waals surface area contributed by atoms with Gasteiger partial charge in [0.15, 0.2) is 5.78 Å². The van der Waals surface area contributed by atoms with E-state index in [4.69, 9.17) is 5.73 Å². The summed E-state index contributed by atoms with van der Waals surface area (Å²) in [4.78, 5) is 27.2.